The van der Waals surface area contributed by atoms with E-state index in [1.54, 1.807) is 23.2 Å². The van der Waals surface area contributed by atoms with Crippen LogP contribution in [0.3, 0.4) is 0 Å². The van der Waals surface area contributed by atoms with Crippen LogP contribution in [0.2, 0.25) is 10.0 Å². The van der Waals surface area contributed by atoms with Crippen molar-refractivity contribution in [2.75, 3.05) is 37.8 Å². The lowest BCUT2D eigenvalue weighted by Crippen LogP contribution is -2.43. The molecule has 0 spiro atoms. The second-order valence-corrected chi connectivity index (χ2v) is 14.4. The molecule has 10 nitrogen and oxygen atoms in total. The van der Waals surface area contributed by atoms with Crippen molar-refractivity contribution in [2.45, 2.75) is 38.3 Å². The Labute approximate surface area is 272 Å². The van der Waals surface area contributed by atoms with Gasteiger partial charge in [-0.05, 0) is 72.7 Å². The molecule has 236 valence electrons. The minimum absolute atomic E-state index is 0.176. The van der Waals surface area contributed by atoms with Crippen LogP contribution in [0, 0.1) is 6.92 Å². The number of anilines is 2. The number of benzene rings is 2. The Kier molecular flexibility index (Phi) is 8.91. The lowest BCUT2D eigenvalue weighted by atomic mass is 9.90. The third kappa shape index (κ3) is 6.59. The van der Waals surface area contributed by atoms with Crippen LogP contribution in [0.5, 0.6) is 0 Å². The molecular formula is C32H34Cl2N6O4S. The minimum atomic E-state index is -3.18. The first-order chi connectivity index (χ1) is 21.5. The van der Waals surface area contributed by atoms with E-state index in [1.807, 2.05) is 54.1 Å². The normalized spacial score (nSPS) is 16.9. The molecule has 2 aliphatic rings. The molecule has 4 aromatic rings. The van der Waals surface area contributed by atoms with Crippen LogP contribution < -0.4 is 5.32 Å². The Hall–Kier alpha value is -3.48. The maximum atomic E-state index is 13.6. The third-order valence-electron chi connectivity index (χ3n) is 8.62. The lowest BCUT2D eigenvalue weighted by molar-refractivity contribution is 0.0526. The molecule has 2 aliphatic heterocycles. The van der Waals surface area contributed by atoms with Gasteiger partial charge in [-0.3, -0.25) is 4.79 Å². The van der Waals surface area contributed by atoms with Crippen molar-refractivity contribution in [3.8, 4) is 11.3 Å². The number of hydrogen-bond acceptors (Lipinski definition) is 7. The number of fused-ring (bicyclic) bond motifs is 1. The molecule has 1 amide bonds. The Bertz CT molecular complexity index is 1860. The van der Waals surface area contributed by atoms with Crippen molar-refractivity contribution >= 4 is 50.8 Å². The largest absolute Gasteiger partial charge is 0.394 e. The summed E-state index contributed by atoms with van der Waals surface area (Å²) in [6.45, 7) is 3.71. The average molecular weight is 670 g/mol. The summed E-state index contributed by atoms with van der Waals surface area (Å²) in [5.74, 6) is 0.421. The highest BCUT2D eigenvalue weighted by Crippen LogP contribution is 2.35. The topological polar surface area (TPSA) is 121 Å². The quantitative estimate of drug-likeness (QED) is 0.250. The second kappa shape index (κ2) is 12.7. The molecule has 0 bridgehead atoms. The number of hydrogen-bond donors (Lipinski definition) is 2. The van der Waals surface area contributed by atoms with Gasteiger partial charge >= 0.3 is 0 Å². The predicted molar refractivity (Wildman–Crippen MR) is 176 cm³/mol. The molecule has 1 fully saturated rings. The number of carbonyl (C=O) groups is 1. The summed E-state index contributed by atoms with van der Waals surface area (Å²) in [4.78, 5) is 24.6. The molecular weight excluding hydrogens is 635 g/mol. The fraction of sp³-hybridized carbons (Fsp3) is 0.344. The van der Waals surface area contributed by atoms with Crippen LogP contribution in [0.15, 0.2) is 60.9 Å². The number of piperidine rings is 1. The van der Waals surface area contributed by atoms with Crippen LogP contribution in [0.25, 0.3) is 11.3 Å². The van der Waals surface area contributed by atoms with Crippen LogP contribution in [0.4, 0.5) is 11.6 Å². The maximum absolute atomic E-state index is 13.6. The molecule has 0 radical (unpaired) electrons. The summed E-state index contributed by atoms with van der Waals surface area (Å²) in [5.41, 5.74) is 5.35. The van der Waals surface area contributed by atoms with E-state index in [9.17, 15) is 18.3 Å². The molecule has 2 aromatic heterocycles. The van der Waals surface area contributed by atoms with Gasteiger partial charge in [0.15, 0.2) is 0 Å². The summed E-state index contributed by atoms with van der Waals surface area (Å²) < 4.78 is 27.2. The number of aryl methyl sites for hydroxylation is 1. The molecule has 2 aromatic carbocycles. The number of nitrogens with one attached hydrogen (secondary N) is 1. The number of aliphatic hydroxyl groups is 1. The van der Waals surface area contributed by atoms with E-state index < -0.39 is 16.1 Å². The number of amides is 1. The van der Waals surface area contributed by atoms with Crippen molar-refractivity contribution in [3.05, 3.63) is 93.4 Å². The highest BCUT2D eigenvalue weighted by atomic mass is 35.5. The highest BCUT2D eigenvalue weighted by Gasteiger charge is 2.32. The van der Waals surface area contributed by atoms with E-state index in [1.165, 1.54) is 10.6 Å². The van der Waals surface area contributed by atoms with Gasteiger partial charge in [0, 0.05) is 49.2 Å². The summed E-state index contributed by atoms with van der Waals surface area (Å²) in [6, 6.07) is 14.4. The average Bonchev–Trinajstić information content (AvgIpc) is 3.45. The van der Waals surface area contributed by atoms with E-state index in [-0.39, 0.29) is 18.4 Å². The molecule has 1 atom stereocenters. The van der Waals surface area contributed by atoms with Crippen LogP contribution in [0.1, 0.15) is 52.0 Å². The van der Waals surface area contributed by atoms with Gasteiger partial charge in [0.25, 0.3) is 5.91 Å². The molecule has 6 rings (SSSR count). The standard InChI is InChI=1S/C32H34Cl2N6O4S/c1-20-17-35-32(36-27-7-6-22(15-26(27)34)21-8-10-39(11-9-21)45(2,43)44)37-30(20)24-16-28-31(42)40(13-12-38(28)18-24)29(19-41)23-4-3-5-25(33)14-23/h3-7,14-18,21,29,41H,8-13,19H2,1-2H3,(H,35,36,37)/t29-/m1/s1. The Morgan fingerprint density at radius 3 is 2.53 bits per heavy atom. The zero-order valence-electron chi connectivity index (χ0n) is 25.0. The molecule has 2 N–H and O–H groups in total. The number of carbonyl (C=O) groups excluding carboxylic acids is 1. The number of sulfonamides is 1. The minimum Gasteiger partial charge on any atom is -0.394 e. The molecule has 13 heteroatoms. The van der Waals surface area contributed by atoms with E-state index in [0.29, 0.717) is 59.2 Å². The van der Waals surface area contributed by atoms with E-state index >= 15 is 0 Å². The number of halogens is 2. The fourth-order valence-electron chi connectivity index (χ4n) is 6.19. The molecule has 4 heterocycles. The monoisotopic (exact) mass is 668 g/mol. The molecule has 0 aliphatic carbocycles. The first-order valence-electron chi connectivity index (χ1n) is 14.7. The molecule has 0 unspecified atom stereocenters. The number of rotatable bonds is 8. The van der Waals surface area contributed by atoms with Gasteiger partial charge in [-0.1, -0.05) is 41.4 Å². The van der Waals surface area contributed by atoms with Gasteiger partial charge in [0.1, 0.15) is 5.69 Å². The number of nitrogens with zero attached hydrogens (tertiary/aromatic N) is 5. The second-order valence-electron chi connectivity index (χ2n) is 11.6. The number of aliphatic hydroxyl groups excluding tert-OH is 1. The van der Waals surface area contributed by atoms with Crippen molar-refractivity contribution in [1.82, 2.24) is 23.7 Å². The van der Waals surface area contributed by atoms with Gasteiger partial charge in [0.05, 0.1) is 35.3 Å². The van der Waals surface area contributed by atoms with Crippen LogP contribution in [-0.2, 0) is 16.6 Å². The summed E-state index contributed by atoms with van der Waals surface area (Å²) in [6.07, 6.45) is 6.38. The van der Waals surface area contributed by atoms with Crippen molar-refractivity contribution < 1.29 is 18.3 Å². The van der Waals surface area contributed by atoms with Gasteiger partial charge < -0.3 is 19.9 Å². The van der Waals surface area contributed by atoms with Gasteiger partial charge in [-0.25, -0.2) is 22.7 Å². The molecule has 0 saturated carbocycles. The summed E-state index contributed by atoms with van der Waals surface area (Å²) in [5, 5.41) is 14.5. The van der Waals surface area contributed by atoms with E-state index in [4.69, 9.17) is 28.2 Å². The summed E-state index contributed by atoms with van der Waals surface area (Å²) in [7, 11) is -3.18. The highest BCUT2D eigenvalue weighted by molar-refractivity contribution is 7.88. The summed E-state index contributed by atoms with van der Waals surface area (Å²) >= 11 is 12.9. The number of aromatic nitrogens is 3. The van der Waals surface area contributed by atoms with Crippen LogP contribution in [-0.4, -0.2) is 75.7 Å². The van der Waals surface area contributed by atoms with E-state index in [2.05, 4.69) is 10.3 Å². The zero-order valence-corrected chi connectivity index (χ0v) is 27.3. The lowest BCUT2D eigenvalue weighted by Gasteiger charge is -2.34. The Morgan fingerprint density at radius 2 is 1.84 bits per heavy atom. The van der Waals surface area contributed by atoms with Gasteiger partial charge in [-0.2, -0.15) is 0 Å². The third-order valence-corrected chi connectivity index (χ3v) is 10.5. The van der Waals surface area contributed by atoms with Crippen LogP contribution >= 0.6 is 23.2 Å². The van der Waals surface area contributed by atoms with Gasteiger partial charge in [-0.15, -0.1) is 0 Å². The Balaban J connectivity index is 1.19. The van der Waals surface area contributed by atoms with Crippen molar-refractivity contribution in [2.24, 2.45) is 0 Å². The fourth-order valence-corrected chi connectivity index (χ4v) is 7.49. The first-order valence-corrected chi connectivity index (χ1v) is 17.4. The van der Waals surface area contributed by atoms with E-state index in [0.717, 1.165) is 35.1 Å². The Morgan fingerprint density at radius 1 is 1.07 bits per heavy atom. The molecule has 1 saturated heterocycles. The zero-order chi connectivity index (χ0) is 31.9. The smallest absolute Gasteiger partial charge is 0.271 e. The maximum Gasteiger partial charge on any atom is 0.271 e. The SMILES string of the molecule is Cc1cnc(Nc2ccc(C3CCN(S(C)(=O)=O)CC3)cc2Cl)nc1-c1cc2n(c1)CCN([C@H](CO)c1cccc(Cl)c1)C2=O. The molecule has 45 heavy (non-hydrogen) atoms. The van der Waals surface area contributed by atoms with Crippen molar-refractivity contribution in [3.63, 3.8) is 0 Å². The van der Waals surface area contributed by atoms with Gasteiger partial charge in [0.2, 0.25) is 16.0 Å². The predicted octanol–water partition coefficient (Wildman–Crippen LogP) is 5.63. The first kappa shape index (κ1) is 31.5. The van der Waals surface area contributed by atoms with Crippen molar-refractivity contribution in [1.29, 1.82) is 0 Å².